The van der Waals surface area contributed by atoms with Crippen LogP contribution in [0.4, 0.5) is 0 Å². The van der Waals surface area contributed by atoms with Crippen LogP contribution in [-0.4, -0.2) is 34.5 Å². The second-order valence-corrected chi connectivity index (χ2v) is 5.36. The number of carbonyl (C=O) groups excluding carboxylic acids is 2. The molecule has 6 nitrogen and oxygen atoms in total. The molecule has 0 atom stereocenters. The van der Waals surface area contributed by atoms with E-state index < -0.39 is 0 Å². The number of nitrogens with zero attached hydrogens (tertiary/aromatic N) is 2. The van der Waals surface area contributed by atoms with Gasteiger partial charge in [-0.3, -0.25) is 14.6 Å². The summed E-state index contributed by atoms with van der Waals surface area (Å²) in [6.07, 6.45) is 5.45. The largest absolute Gasteiger partial charge is 0.350 e. The lowest BCUT2D eigenvalue weighted by Crippen LogP contribution is -2.34. The maximum Gasteiger partial charge on any atom is 0.269 e. The van der Waals surface area contributed by atoms with E-state index in [1.807, 2.05) is 41.2 Å². The second-order valence-electron chi connectivity index (χ2n) is 5.36. The molecular formula is C19H18N4O2. The average Bonchev–Trinajstić information content (AvgIpc) is 3.20. The SMILES string of the molecule is O=C(NCCNC(=O)c1ccccn1)c1ccc(-n2cccc2)cc1. The van der Waals surface area contributed by atoms with Gasteiger partial charge in [0, 0.05) is 42.9 Å². The minimum Gasteiger partial charge on any atom is -0.350 e. The van der Waals surface area contributed by atoms with Crippen LogP contribution in [0.1, 0.15) is 20.8 Å². The molecule has 2 aromatic heterocycles. The Morgan fingerprint density at radius 1 is 0.840 bits per heavy atom. The highest BCUT2D eigenvalue weighted by Crippen LogP contribution is 2.09. The molecule has 2 heterocycles. The van der Waals surface area contributed by atoms with Crippen LogP contribution in [0.15, 0.2) is 73.2 Å². The molecule has 126 valence electrons. The molecule has 3 rings (SSSR count). The molecule has 0 radical (unpaired) electrons. The van der Waals surface area contributed by atoms with E-state index >= 15 is 0 Å². The highest BCUT2D eigenvalue weighted by atomic mass is 16.2. The summed E-state index contributed by atoms with van der Waals surface area (Å²) in [4.78, 5) is 27.9. The first-order valence-electron chi connectivity index (χ1n) is 7.95. The molecule has 2 N–H and O–H groups in total. The molecule has 3 aromatic rings. The summed E-state index contributed by atoms with van der Waals surface area (Å²) in [6, 6.07) is 16.4. The summed E-state index contributed by atoms with van der Waals surface area (Å²) >= 11 is 0. The van der Waals surface area contributed by atoms with E-state index in [2.05, 4.69) is 15.6 Å². The quantitative estimate of drug-likeness (QED) is 0.677. The zero-order chi connectivity index (χ0) is 17.5. The molecule has 0 aliphatic carbocycles. The number of aromatic nitrogens is 2. The molecule has 0 bridgehead atoms. The minimum absolute atomic E-state index is 0.175. The fourth-order valence-corrected chi connectivity index (χ4v) is 2.33. The Balaban J connectivity index is 1.46. The van der Waals surface area contributed by atoms with Crippen molar-refractivity contribution in [2.45, 2.75) is 0 Å². The van der Waals surface area contributed by atoms with Crippen molar-refractivity contribution in [2.24, 2.45) is 0 Å². The summed E-state index contributed by atoms with van der Waals surface area (Å²) in [5, 5.41) is 5.49. The van der Waals surface area contributed by atoms with E-state index in [1.165, 1.54) is 0 Å². The zero-order valence-corrected chi connectivity index (χ0v) is 13.6. The lowest BCUT2D eigenvalue weighted by Gasteiger charge is -2.08. The van der Waals surface area contributed by atoms with Gasteiger partial charge >= 0.3 is 0 Å². The maximum atomic E-state index is 12.1. The van der Waals surface area contributed by atoms with E-state index in [9.17, 15) is 9.59 Å². The third kappa shape index (κ3) is 4.32. The minimum atomic E-state index is -0.258. The molecule has 0 fully saturated rings. The van der Waals surface area contributed by atoms with E-state index in [-0.39, 0.29) is 11.8 Å². The molecule has 1 aromatic carbocycles. The van der Waals surface area contributed by atoms with Crippen LogP contribution < -0.4 is 10.6 Å². The number of rotatable bonds is 6. The van der Waals surface area contributed by atoms with Crippen LogP contribution in [0, 0.1) is 0 Å². The lowest BCUT2D eigenvalue weighted by atomic mass is 10.2. The first kappa shape index (κ1) is 16.4. The summed E-state index contributed by atoms with van der Waals surface area (Å²) in [5.41, 5.74) is 1.92. The van der Waals surface area contributed by atoms with Crippen LogP contribution in [0.25, 0.3) is 5.69 Å². The first-order chi connectivity index (χ1) is 12.2. The Labute approximate surface area is 145 Å². The van der Waals surface area contributed by atoms with Crippen molar-refractivity contribution in [1.29, 1.82) is 0 Å². The summed E-state index contributed by atoms with van der Waals surface area (Å²) in [7, 11) is 0. The molecule has 0 spiro atoms. The van der Waals surface area contributed by atoms with Gasteiger partial charge in [-0.25, -0.2) is 0 Å². The number of benzene rings is 1. The van der Waals surface area contributed by atoms with Gasteiger partial charge in [0.2, 0.25) is 0 Å². The molecule has 0 aliphatic heterocycles. The Bertz CT molecular complexity index is 828. The van der Waals surface area contributed by atoms with Gasteiger partial charge in [-0.15, -0.1) is 0 Å². The molecule has 0 saturated carbocycles. The van der Waals surface area contributed by atoms with Crippen molar-refractivity contribution in [1.82, 2.24) is 20.2 Å². The number of amides is 2. The lowest BCUT2D eigenvalue weighted by molar-refractivity contribution is 0.0925. The van der Waals surface area contributed by atoms with Gasteiger partial charge < -0.3 is 15.2 Å². The van der Waals surface area contributed by atoms with E-state index in [0.29, 0.717) is 24.3 Å². The predicted molar refractivity (Wildman–Crippen MR) is 94.7 cm³/mol. The Morgan fingerprint density at radius 3 is 2.16 bits per heavy atom. The van der Waals surface area contributed by atoms with Crippen molar-refractivity contribution < 1.29 is 9.59 Å². The fraction of sp³-hybridized carbons (Fsp3) is 0.105. The van der Waals surface area contributed by atoms with Gasteiger partial charge in [-0.2, -0.15) is 0 Å². The predicted octanol–water partition coefficient (Wildman–Crippen LogP) is 2.03. The van der Waals surface area contributed by atoms with Crippen LogP contribution in [0.2, 0.25) is 0 Å². The Hall–Kier alpha value is -3.41. The number of pyridine rings is 1. The number of hydrogen-bond acceptors (Lipinski definition) is 3. The molecule has 0 unspecified atom stereocenters. The zero-order valence-electron chi connectivity index (χ0n) is 13.6. The first-order valence-corrected chi connectivity index (χ1v) is 7.95. The highest BCUT2D eigenvalue weighted by molar-refractivity contribution is 5.94. The number of nitrogens with one attached hydrogen (secondary N) is 2. The summed E-state index contributed by atoms with van der Waals surface area (Å²) in [6.45, 7) is 0.680. The monoisotopic (exact) mass is 334 g/mol. The van der Waals surface area contributed by atoms with Gasteiger partial charge in [0.25, 0.3) is 11.8 Å². The van der Waals surface area contributed by atoms with Gasteiger partial charge in [0.1, 0.15) is 5.69 Å². The van der Waals surface area contributed by atoms with Gasteiger partial charge in [-0.1, -0.05) is 6.07 Å². The number of hydrogen-bond donors (Lipinski definition) is 2. The maximum absolute atomic E-state index is 12.1. The Morgan fingerprint density at radius 2 is 1.52 bits per heavy atom. The molecule has 6 heteroatoms. The molecule has 25 heavy (non-hydrogen) atoms. The van der Waals surface area contributed by atoms with E-state index in [0.717, 1.165) is 5.69 Å². The van der Waals surface area contributed by atoms with E-state index in [4.69, 9.17) is 0 Å². The second kappa shape index (κ2) is 7.92. The smallest absolute Gasteiger partial charge is 0.269 e. The van der Waals surface area contributed by atoms with Crippen LogP contribution in [0.3, 0.4) is 0 Å². The molecule has 0 aliphatic rings. The molecule has 2 amide bonds. The van der Waals surface area contributed by atoms with Crippen molar-refractivity contribution in [3.63, 3.8) is 0 Å². The van der Waals surface area contributed by atoms with E-state index in [1.54, 1.807) is 36.5 Å². The highest BCUT2D eigenvalue weighted by Gasteiger charge is 2.07. The van der Waals surface area contributed by atoms with Crippen molar-refractivity contribution in [3.05, 3.63) is 84.4 Å². The summed E-state index contributed by atoms with van der Waals surface area (Å²) < 4.78 is 1.97. The average molecular weight is 334 g/mol. The normalized spacial score (nSPS) is 10.2. The molecular weight excluding hydrogens is 316 g/mol. The van der Waals surface area contributed by atoms with Gasteiger partial charge in [-0.05, 0) is 48.5 Å². The molecule has 0 saturated heterocycles. The van der Waals surface area contributed by atoms with Crippen molar-refractivity contribution >= 4 is 11.8 Å². The van der Waals surface area contributed by atoms with Crippen LogP contribution in [0.5, 0.6) is 0 Å². The van der Waals surface area contributed by atoms with Gasteiger partial charge in [0.15, 0.2) is 0 Å². The fourth-order valence-electron chi connectivity index (χ4n) is 2.33. The van der Waals surface area contributed by atoms with Crippen LogP contribution >= 0.6 is 0 Å². The third-order valence-corrected chi connectivity index (χ3v) is 3.63. The van der Waals surface area contributed by atoms with Gasteiger partial charge in [0.05, 0.1) is 0 Å². The Kier molecular flexibility index (Phi) is 5.21. The van der Waals surface area contributed by atoms with Crippen LogP contribution in [-0.2, 0) is 0 Å². The topological polar surface area (TPSA) is 76.0 Å². The number of carbonyl (C=O) groups is 2. The standard InChI is InChI=1S/C19H18N4O2/c24-18(15-6-8-16(9-7-15)23-13-3-4-14-23)21-11-12-22-19(25)17-5-1-2-10-20-17/h1-10,13-14H,11-12H2,(H,21,24)(H,22,25). The van der Waals surface area contributed by atoms with Crippen molar-refractivity contribution in [2.75, 3.05) is 13.1 Å². The third-order valence-electron chi connectivity index (χ3n) is 3.63. The summed E-state index contributed by atoms with van der Waals surface area (Å²) in [5.74, 6) is -0.433. The van der Waals surface area contributed by atoms with Crippen molar-refractivity contribution in [3.8, 4) is 5.69 Å².